The van der Waals surface area contributed by atoms with Crippen LogP contribution in [0.5, 0.6) is 0 Å². The summed E-state index contributed by atoms with van der Waals surface area (Å²) in [5, 5.41) is 11.5. The van der Waals surface area contributed by atoms with E-state index in [0.717, 1.165) is 17.2 Å². The number of aliphatic hydroxyl groups is 1. The molecule has 1 saturated heterocycles. The Kier molecular flexibility index (Phi) is 4.83. The summed E-state index contributed by atoms with van der Waals surface area (Å²) in [6, 6.07) is 8.92. The van der Waals surface area contributed by atoms with Crippen molar-refractivity contribution in [1.29, 1.82) is 0 Å². The number of aliphatic hydroxyl groups excluding tert-OH is 1. The zero-order valence-corrected chi connectivity index (χ0v) is 14.0. The third-order valence-corrected chi connectivity index (χ3v) is 5.15. The van der Waals surface area contributed by atoms with E-state index < -0.39 is 6.10 Å². The Morgan fingerprint density at radius 1 is 1.22 bits per heavy atom. The fourth-order valence-electron chi connectivity index (χ4n) is 3.88. The number of para-hydroxylation sites is 1. The number of hydrogen-bond acceptors (Lipinski definition) is 3. The molecule has 1 aliphatic heterocycles. The first-order valence-corrected chi connectivity index (χ1v) is 8.57. The number of likely N-dealkylation sites (tertiary alicyclic amines) is 1. The van der Waals surface area contributed by atoms with Gasteiger partial charge in [-0.05, 0) is 32.8 Å². The number of aldehydes is 1. The van der Waals surface area contributed by atoms with Crippen molar-refractivity contribution in [2.24, 2.45) is 0 Å². The normalized spacial score (nSPS) is 24.0. The van der Waals surface area contributed by atoms with Crippen LogP contribution >= 0.6 is 0 Å². The van der Waals surface area contributed by atoms with Crippen LogP contribution < -0.4 is 0 Å². The molecular formula is C19H26N2O2. The van der Waals surface area contributed by atoms with Crippen molar-refractivity contribution < 1.29 is 9.90 Å². The topological polar surface area (TPSA) is 45.5 Å². The van der Waals surface area contributed by atoms with Crippen molar-refractivity contribution in [3.8, 4) is 0 Å². The van der Waals surface area contributed by atoms with Crippen molar-refractivity contribution in [3.63, 3.8) is 0 Å². The zero-order valence-electron chi connectivity index (χ0n) is 14.0. The SMILES string of the molecule is C[C@@H]1CCC[C@H](C)N1C[C@H](O)Cn1cc(C=O)c2ccccc21. The first kappa shape index (κ1) is 16.2. The summed E-state index contributed by atoms with van der Waals surface area (Å²) in [5.74, 6) is 0. The van der Waals surface area contributed by atoms with Gasteiger partial charge in [0.05, 0.1) is 6.10 Å². The number of carbonyl (C=O) groups excluding carboxylic acids is 1. The molecule has 1 aromatic carbocycles. The van der Waals surface area contributed by atoms with Gasteiger partial charge < -0.3 is 9.67 Å². The molecule has 3 atom stereocenters. The van der Waals surface area contributed by atoms with Crippen LogP contribution in [0, 0.1) is 0 Å². The molecule has 1 N–H and O–H groups in total. The molecule has 4 heteroatoms. The summed E-state index contributed by atoms with van der Waals surface area (Å²) in [6.45, 7) is 5.70. The minimum absolute atomic E-state index is 0.437. The number of piperidine rings is 1. The van der Waals surface area contributed by atoms with Gasteiger partial charge in [0.2, 0.25) is 0 Å². The molecule has 0 unspecified atom stereocenters. The maximum atomic E-state index is 11.2. The van der Waals surface area contributed by atoms with Crippen LogP contribution in [-0.2, 0) is 6.54 Å². The molecule has 4 nitrogen and oxygen atoms in total. The number of aromatic nitrogens is 1. The van der Waals surface area contributed by atoms with Crippen molar-refractivity contribution in [2.75, 3.05) is 6.54 Å². The van der Waals surface area contributed by atoms with Crippen LogP contribution in [0.3, 0.4) is 0 Å². The predicted molar refractivity (Wildman–Crippen MR) is 92.8 cm³/mol. The second-order valence-corrected chi connectivity index (χ2v) is 6.85. The second kappa shape index (κ2) is 6.85. The number of β-amino-alcohol motifs (C(OH)–C–C–N with tert-alkyl or cyclic N) is 1. The lowest BCUT2D eigenvalue weighted by Crippen LogP contribution is -2.47. The quantitative estimate of drug-likeness (QED) is 0.863. The predicted octanol–water partition coefficient (Wildman–Crippen LogP) is 3.08. The molecule has 124 valence electrons. The van der Waals surface area contributed by atoms with Crippen molar-refractivity contribution in [2.45, 2.75) is 57.8 Å². The number of nitrogens with zero attached hydrogens (tertiary/aromatic N) is 2. The van der Waals surface area contributed by atoms with Crippen LogP contribution in [0.25, 0.3) is 10.9 Å². The highest BCUT2D eigenvalue weighted by Crippen LogP contribution is 2.24. The Morgan fingerprint density at radius 2 is 1.91 bits per heavy atom. The number of hydrogen-bond donors (Lipinski definition) is 1. The van der Waals surface area contributed by atoms with E-state index in [4.69, 9.17) is 0 Å². The number of rotatable bonds is 5. The zero-order chi connectivity index (χ0) is 16.4. The van der Waals surface area contributed by atoms with Crippen molar-refractivity contribution in [3.05, 3.63) is 36.0 Å². The van der Waals surface area contributed by atoms with Gasteiger partial charge >= 0.3 is 0 Å². The van der Waals surface area contributed by atoms with Crippen molar-refractivity contribution in [1.82, 2.24) is 9.47 Å². The summed E-state index contributed by atoms with van der Waals surface area (Å²) in [6.07, 6.45) is 6.00. The molecule has 2 heterocycles. The van der Waals surface area contributed by atoms with E-state index in [9.17, 15) is 9.90 Å². The summed E-state index contributed by atoms with van der Waals surface area (Å²) >= 11 is 0. The maximum absolute atomic E-state index is 11.2. The standard InChI is InChI=1S/C19H26N2O2/c1-14-6-5-7-15(2)21(14)12-17(23)11-20-10-16(13-22)18-8-3-4-9-19(18)20/h3-4,8-10,13-15,17,23H,5-7,11-12H2,1-2H3/t14-,15+,17-/m1/s1. The monoisotopic (exact) mass is 314 g/mol. The Hall–Kier alpha value is -1.65. The molecule has 0 spiro atoms. The maximum Gasteiger partial charge on any atom is 0.152 e. The fraction of sp³-hybridized carbons (Fsp3) is 0.526. The fourth-order valence-corrected chi connectivity index (χ4v) is 3.88. The third kappa shape index (κ3) is 3.33. The average molecular weight is 314 g/mol. The van der Waals surface area contributed by atoms with Crippen LogP contribution in [-0.4, -0.2) is 45.6 Å². The third-order valence-electron chi connectivity index (χ3n) is 5.15. The highest BCUT2D eigenvalue weighted by atomic mass is 16.3. The van der Waals surface area contributed by atoms with E-state index in [2.05, 4.69) is 18.7 Å². The highest BCUT2D eigenvalue weighted by Gasteiger charge is 2.26. The van der Waals surface area contributed by atoms with Gasteiger partial charge in [0.15, 0.2) is 6.29 Å². The van der Waals surface area contributed by atoms with Crippen LogP contribution in [0.1, 0.15) is 43.5 Å². The average Bonchev–Trinajstić information content (AvgIpc) is 2.89. The molecule has 2 aromatic rings. The summed E-state index contributed by atoms with van der Waals surface area (Å²) in [5.41, 5.74) is 1.70. The molecule has 0 radical (unpaired) electrons. The molecule has 0 saturated carbocycles. The minimum Gasteiger partial charge on any atom is -0.390 e. The Bertz CT molecular complexity index is 669. The second-order valence-electron chi connectivity index (χ2n) is 6.85. The van der Waals surface area contributed by atoms with Crippen molar-refractivity contribution >= 4 is 17.2 Å². The van der Waals surface area contributed by atoms with Gasteiger partial charge in [-0.25, -0.2) is 0 Å². The molecule has 0 bridgehead atoms. The molecular weight excluding hydrogens is 288 g/mol. The molecule has 23 heavy (non-hydrogen) atoms. The largest absolute Gasteiger partial charge is 0.390 e. The van der Waals surface area contributed by atoms with Crippen LogP contribution in [0.4, 0.5) is 0 Å². The van der Waals surface area contributed by atoms with Gasteiger partial charge in [0, 0.05) is 47.8 Å². The van der Waals surface area contributed by atoms with Gasteiger partial charge in [-0.2, -0.15) is 0 Å². The van der Waals surface area contributed by atoms with Crippen LogP contribution in [0.15, 0.2) is 30.5 Å². The van der Waals surface area contributed by atoms with E-state index in [0.29, 0.717) is 30.7 Å². The lowest BCUT2D eigenvalue weighted by molar-refractivity contribution is 0.0352. The number of fused-ring (bicyclic) bond motifs is 1. The highest BCUT2D eigenvalue weighted by molar-refractivity contribution is 5.97. The molecule has 0 amide bonds. The Morgan fingerprint density at radius 3 is 2.61 bits per heavy atom. The summed E-state index contributed by atoms with van der Waals surface area (Å²) < 4.78 is 2.00. The molecule has 1 fully saturated rings. The van der Waals surface area contributed by atoms with Crippen LogP contribution in [0.2, 0.25) is 0 Å². The molecule has 1 aliphatic rings. The van der Waals surface area contributed by atoms with E-state index >= 15 is 0 Å². The molecule has 1 aromatic heterocycles. The van der Waals surface area contributed by atoms with E-state index in [1.165, 1.54) is 19.3 Å². The molecule has 0 aliphatic carbocycles. The number of benzene rings is 1. The Labute approximate surface area is 137 Å². The first-order valence-electron chi connectivity index (χ1n) is 8.57. The van der Waals surface area contributed by atoms with Gasteiger partial charge in [0.1, 0.15) is 0 Å². The van der Waals surface area contributed by atoms with E-state index in [1.54, 1.807) is 0 Å². The van der Waals surface area contributed by atoms with E-state index in [-0.39, 0.29) is 0 Å². The Balaban J connectivity index is 1.75. The van der Waals surface area contributed by atoms with Gasteiger partial charge in [-0.15, -0.1) is 0 Å². The summed E-state index contributed by atoms with van der Waals surface area (Å²) in [7, 11) is 0. The minimum atomic E-state index is -0.437. The van der Waals surface area contributed by atoms with Gasteiger partial charge in [-0.1, -0.05) is 24.6 Å². The van der Waals surface area contributed by atoms with Gasteiger partial charge in [0.25, 0.3) is 0 Å². The smallest absolute Gasteiger partial charge is 0.152 e. The molecule has 3 rings (SSSR count). The lowest BCUT2D eigenvalue weighted by Gasteiger charge is -2.40. The number of carbonyl (C=O) groups is 1. The van der Waals surface area contributed by atoms with Gasteiger partial charge in [-0.3, -0.25) is 9.69 Å². The summed E-state index contributed by atoms with van der Waals surface area (Å²) in [4.78, 5) is 13.7. The lowest BCUT2D eigenvalue weighted by atomic mass is 9.97. The van der Waals surface area contributed by atoms with E-state index in [1.807, 2.05) is 35.0 Å². The first-order chi connectivity index (χ1) is 11.1.